The number of anilines is 3. The number of hydrogen-bond acceptors (Lipinski definition) is 8. The highest BCUT2D eigenvalue weighted by Gasteiger charge is 2.66. The van der Waals surface area contributed by atoms with Crippen molar-refractivity contribution in [1.82, 2.24) is 10.2 Å². The van der Waals surface area contributed by atoms with E-state index in [1.165, 1.54) is 5.19 Å². The number of ether oxygens (including phenoxy) is 2. The Labute approximate surface area is 364 Å². The number of halogens is 1. The van der Waals surface area contributed by atoms with E-state index < -0.39 is 25.3 Å². The van der Waals surface area contributed by atoms with Crippen LogP contribution in [-0.4, -0.2) is 93.5 Å². The van der Waals surface area contributed by atoms with E-state index in [9.17, 15) is 14.7 Å². The quantitative estimate of drug-likeness (QED) is 0.176. The van der Waals surface area contributed by atoms with Crippen molar-refractivity contribution >= 4 is 59.6 Å². The molecule has 5 atom stereocenters. The molecule has 0 aliphatic carbocycles. The molecule has 3 amide bonds. The van der Waals surface area contributed by atoms with Gasteiger partial charge in [-0.1, -0.05) is 79.3 Å². The van der Waals surface area contributed by atoms with E-state index >= 15 is 4.79 Å². The van der Waals surface area contributed by atoms with E-state index in [2.05, 4.69) is 54.5 Å². The summed E-state index contributed by atoms with van der Waals surface area (Å²) in [5, 5.41) is 15.3. The number of carbonyl (C=O) groups is 3. The van der Waals surface area contributed by atoms with Crippen LogP contribution < -0.4 is 29.9 Å². The molecule has 320 valence electrons. The van der Waals surface area contributed by atoms with Crippen LogP contribution in [0.5, 0.6) is 5.75 Å². The first-order chi connectivity index (χ1) is 29.4. The van der Waals surface area contributed by atoms with Gasteiger partial charge in [-0.2, -0.15) is 0 Å². The minimum atomic E-state index is -2.52. The molecule has 61 heavy (non-hydrogen) atoms. The zero-order chi connectivity index (χ0) is 42.7. The predicted molar refractivity (Wildman–Crippen MR) is 241 cm³/mol. The molecule has 0 saturated carbocycles. The van der Waals surface area contributed by atoms with Crippen molar-refractivity contribution in [3.63, 3.8) is 0 Å². The molecule has 13 heteroatoms. The van der Waals surface area contributed by atoms with Gasteiger partial charge in [0.2, 0.25) is 5.91 Å². The molecular formula is C48H56ClN5O6Si. The van der Waals surface area contributed by atoms with Crippen molar-refractivity contribution in [3.05, 3.63) is 113 Å². The van der Waals surface area contributed by atoms with Crippen LogP contribution in [0.15, 0.2) is 97.1 Å². The van der Waals surface area contributed by atoms with Gasteiger partial charge < -0.3 is 34.6 Å². The van der Waals surface area contributed by atoms with Gasteiger partial charge in [0.25, 0.3) is 11.8 Å². The highest BCUT2D eigenvalue weighted by Crippen LogP contribution is 2.60. The first-order valence-corrected chi connectivity index (χ1v) is 25.2. The number of methoxy groups -OCH3 is 1. The first-order valence-electron chi connectivity index (χ1n) is 21.7. The second-order valence-electron chi connectivity index (χ2n) is 18.1. The number of benzene rings is 4. The molecule has 2 spiro atoms. The summed E-state index contributed by atoms with van der Waals surface area (Å²) in [4.78, 5) is 52.1. The van der Waals surface area contributed by atoms with Gasteiger partial charge in [0, 0.05) is 34.4 Å². The molecule has 9 rings (SSSR count). The first kappa shape index (κ1) is 41.6. The number of carbonyl (C=O) groups excluding carboxylic acids is 3. The maximum atomic E-state index is 15.5. The van der Waals surface area contributed by atoms with Gasteiger partial charge in [-0.05, 0) is 104 Å². The van der Waals surface area contributed by atoms with Crippen LogP contribution in [-0.2, 0) is 31.3 Å². The third-order valence-electron chi connectivity index (χ3n) is 14.6. The van der Waals surface area contributed by atoms with Crippen LogP contribution in [0.4, 0.5) is 17.1 Å². The maximum absolute atomic E-state index is 15.5. The number of para-hydroxylation sites is 1. The summed E-state index contributed by atoms with van der Waals surface area (Å²) in [5.74, 6) is 0.287. The molecule has 4 fully saturated rings. The highest BCUT2D eigenvalue weighted by molar-refractivity contribution is 6.91. The second kappa shape index (κ2) is 16.2. The summed E-state index contributed by atoms with van der Waals surface area (Å²) in [6.07, 6.45) is 2.57. The second-order valence-corrected chi connectivity index (χ2v) is 23.2. The van der Waals surface area contributed by atoms with Crippen molar-refractivity contribution in [2.24, 2.45) is 5.92 Å². The molecule has 2 N–H and O–H groups in total. The van der Waals surface area contributed by atoms with E-state index in [0.717, 1.165) is 54.3 Å². The minimum absolute atomic E-state index is 0.0608. The molecule has 4 aromatic carbocycles. The fraction of sp³-hybridized carbons (Fsp3) is 0.438. The number of aliphatic hydroxyl groups excluding tert-OH is 1. The maximum Gasteiger partial charge on any atom is 0.264 e. The van der Waals surface area contributed by atoms with Crippen molar-refractivity contribution in [1.29, 1.82) is 0 Å². The Morgan fingerprint density at radius 1 is 0.951 bits per heavy atom. The Balaban J connectivity index is 1.06. The number of fused-ring (bicyclic) bond motifs is 2. The zero-order valence-corrected chi connectivity index (χ0v) is 37.2. The van der Waals surface area contributed by atoms with Crippen LogP contribution in [0.2, 0.25) is 23.7 Å². The largest absolute Gasteiger partial charge is 0.497 e. The van der Waals surface area contributed by atoms with Crippen LogP contribution in [0.1, 0.15) is 50.2 Å². The minimum Gasteiger partial charge on any atom is -0.497 e. The number of nitrogens with zero attached hydrogens (tertiary/aromatic N) is 4. The zero-order valence-electron chi connectivity index (χ0n) is 35.5. The van der Waals surface area contributed by atoms with E-state index in [1.54, 1.807) is 12.0 Å². The summed E-state index contributed by atoms with van der Waals surface area (Å²) in [7, 11) is -0.868. The SMILES string of the molecule is COc1ccc([Si](C)(C)[C@@H]2[C@@H](CC(=O)N3CCC[C@H]3CO)O[C@]3(C(=O)N(Cc4cccc(N5CN(c6ccccc6)C6(CCNCC6)C5=O)c4)c4ccc(Cl)cc43)[C@H]2C)cc1. The standard InChI is InChI=1S/C48H56ClN5O6Si/c1-32-44(61(3,4)39-18-16-38(59-2)17-19-39)42(28-43(56)51-25-9-14-37(51)30-55)60-48(32)40-27-34(49)15-20-41(40)52(46(48)58)29-33-10-8-13-36(26-33)53-31-54(35-11-6-5-7-12-35)47(45(53)57)21-23-50-24-22-47/h5-8,10-13,15-20,26-27,32,37,42,44,50,55H,9,14,21-25,28-31H2,1-4H3/t32-,37-,42+,44-,48+/m0/s1. The molecule has 0 radical (unpaired) electrons. The van der Waals surface area contributed by atoms with Crippen molar-refractivity contribution in [3.8, 4) is 5.75 Å². The Morgan fingerprint density at radius 3 is 2.41 bits per heavy atom. The normalized spacial score (nSPS) is 25.9. The van der Waals surface area contributed by atoms with Crippen LogP contribution in [0.3, 0.4) is 0 Å². The smallest absolute Gasteiger partial charge is 0.264 e. The van der Waals surface area contributed by atoms with Gasteiger partial charge in [0.1, 0.15) is 11.3 Å². The van der Waals surface area contributed by atoms with Gasteiger partial charge in [0.15, 0.2) is 5.60 Å². The number of rotatable bonds is 10. The van der Waals surface area contributed by atoms with Gasteiger partial charge in [0.05, 0.1) is 59.3 Å². The summed E-state index contributed by atoms with van der Waals surface area (Å²) < 4.78 is 12.8. The van der Waals surface area contributed by atoms with Crippen molar-refractivity contribution < 1.29 is 29.0 Å². The molecule has 4 aromatic rings. The monoisotopic (exact) mass is 861 g/mol. The summed E-state index contributed by atoms with van der Waals surface area (Å²) in [6, 6.07) is 31.7. The number of amides is 3. The lowest BCUT2D eigenvalue weighted by molar-refractivity contribution is -0.150. The average Bonchev–Trinajstić information content (AvgIpc) is 4.00. The third-order valence-corrected chi connectivity index (χ3v) is 19.2. The molecule has 4 saturated heterocycles. The van der Waals surface area contributed by atoms with Crippen molar-refractivity contribution in [2.75, 3.05) is 54.7 Å². The number of piperidine rings is 1. The summed E-state index contributed by atoms with van der Waals surface area (Å²) in [6.45, 7) is 9.44. The molecule has 5 aliphatic heterocycles. The Kier molecular flexibility index (Phi) is 11.0. The Bertz CT molecular complexity index is 2310. The van der Waals surface area contributed by atoms with E-state index in [1.807, 2.05) is 82.6 Å². The van der Waals surface area contributed by atoms with Gasteiger partial charge >= 0.3 is 0 Å². The van der Waals surface area contributed by atoms with Crippen LogP contribution >= 0.6 is 11.6 Å². The summed E-state index contributed by atoms with van der Waals surface area (Å²) >= 11 is 6.78. The van der Waals surface area contributed by atoms with E-state index in [0.29, 0.717) is 36.6 Å². The lowest BCUT2D eigenvalue weighted by Gasteiger charge is -2.39. The van der Waals surface area contributed by atoms with Gasteiger partial charge in [-0.3, -0.25) is 19.3 Å². The molecular weight excluding hydrogens is 806 g/mol. The average molecular weight is 863 g/mol. The third kappa shape index (κ3) is 6.86. The lowest BCUT2D eigenvalue weighted by Crippen LogP contribution is -2.55. The fourth-order valence-corrected chi connectivity index (χ4v) is 15.6. The Hall–Kier alpha value is -4.72. The highest BCUT2D eigenvalue weighted by atomic mass is 35.5. The van der Waals surface area contributed by atoms with Gasteiger partial charge in [-0.15, -0.1) is 0 Å². The number of likely N-dealkylation sites (tertiary alicyclic amines) is 1. The topological polar surface area (TPSA) is 115 Å². The van der Waals surface area contributed by atoms with Crippen LogP contribution in [0.25, 0.3) is 0 Å². The van der Waals surface area contributed by atoms with Gasteiger partial charge in [-0.25, -0.2) is 0 Å². The molecule has 5 aliphatic rings. The fourth-order valence-electron chi connectivity index (χ4n) is 11.5. The summed E-state index contributed by atoms with van der Waals surface area (Å²) in [5.41, 5.74) is 1.94. The van der Waals surface area contributed by atoms with E-state index in [4.69, 9.17) is 21.1 Å². The van der Waals surface area contributed by atoms with Crippen LogP contribution in [0, 0.1) is 5.92 Å². The molecule has 5 heterocycles. The number of nitrogens with one attached hydrogen (secondary N) is 1. The van der Waals surface area contributed by atoms with Crippen molar-refractivity contribution in [2.45, 2.75) is 87.5 Å². The Morgan fingerprint density at radius 2 is 1.69 bits per heavy atom. The molecule has 0 aromatic heterocycles. The number of hydrogen-bond donors (Lipinski definition) is 2. The molecule has 11 nitrogen and oxygen atoms in total. The van der Waals surface area contributed by atoms with E-state index in [-0.39, 0.29) is 54.8 Å². The molecule has 0 bridgehead atoms. The lowest BCUT2D eigenvalue weighted by atomic mass is 9.82. The molecule has 0 unspecified atom stereocenters. The number of aliphatic hydroxyl groups is 1. The predicted octanol–water partition coefficient (Wildman–Crippen LogP) is 6.42.